The van der Waals surface area contributed by atoms with Gasteiger partial charge in [0.25, 0.3) is 5.56 Å². The van der Waals surface area contributed by atoms with Crippen LogP contribution in [0.1, 0.15) is 30.0 Å². The van der Waals surface area contributed by atoms with E-state index in [2.05, 4.69) is 21.8 Å². The first-order chi connectivity index (χ1) is 15.8. The van der Waals surface area contributed by atoms with Crippen LogP contribution in [0.2, 0.25) is 0 Å². The predicted molar refractivity (Wildman–Crippen MR) is 129 cm³/mol. The Morgan fingerprint density at radius 3 is 2.69 bits per heavy atom. The zero-order valence-corrected chi connectivity index (χ0v) is 19.0. The van der Waals surface area contributed by atoms with E-state index in [0.29, 0.717) is 11.4 Å². The number of aromatic nitrogens is 5. The van der Waals surface area contributed by atoms with Crippen molar-refractivity contribution >= 4 is 33.3 Å². The van der Waals surface area contributed by atoms with Crippen LogP contribution in [-0.4, -0.2) is 24.3 Å². The first-order valence-corrected chi connectivity index (χ1v) is 12.6. The Bertz CT molecular complexity index is 1400. The summed E-state index contributed by atoms with van der Waals surface area (Å²) in [6.45, 7) is 0.885. The van der Waals surface area contributed by atoms with Gasteiger partial charge in [0.1, 0.15) is 10.6 Å². The fraction of sp³-hybridized carbons (Fsp3) is 0.250. The second-order valence-corrected chi connectivity index (χ2v) is 9.98. The average molecular weight is 460 g/mol. The van der Waals surface area contributed by atoms with Gasteiger partial charge in [-0.1, -0.05) is 48.5 Å². The van der Waals surface area contributed by atoms with Crippen LogP contribution in [0.3, 0.4) is 0 Å². The lowest BCUT2D eigenvalue weighted by molar-refractivity contribution is 0.571. The minimum absolute atomic E-state index is 0.0768. The highest BCUT2D eigenvalue weighted by Crippen LogP contribution is 2.33. The maximum Gasteiger partial charge on any atom is 0.284 e. The van der Waals surface area contributed by atoms with E-state index in [1.54, 1.807) is 23.1 Å². The summed E-state index contributed by atoms with van der Waals surface area (Å²) in [6, 6.07) is 17.8. The molecule has 0 saturated heterocycles. The molecule has 2 aromatic carbocycles. The lowest BCUT2D eigenvalue weighted by atomic mass is 10.1. The first-order valence-electron chi connectivity index (χ1n) is 10.8. The van der Waals surface area contributed by atoms with Crippen LogP contribution in [0.15, 0.2) is 64.5 Å². The summed E-state index contributed by atoms with van der Waals surface area (Å²) in [5.41, 5.74) is 3.48. The zero-order chi connectivity index (χ0) is 21.5. The van der Waals surface area contributed by atoms with E-state index in [1.807, 2.05) is 42.5 Å². The standard InChI is InChI=1S/C24H21N5OS2/c30-23-21-18-12-5-2-8-14-28(18)24(26-22(21)27-29(23)16-9-3-1-4-10-16)31-15-20-25-17-11-6-7-13-19(17)32-20/h1,3-4,6-7,9-11,13H,2,5,8,12,14-15H2. The van der Waals surface area contributed by atoms with Crippen molar-refractivity contribution in [1.82, 2.24) is 24.3 Å². The molecule has 160 valence electrons. The Morgan fingerprint density at radius 1 is 0.969 bits per heavy atom. The Hall–Kier alpha value is -2.97. The van der Waals surface area contributed by atoms with Crippen LogP contribution in [0, 0.1) is 0 Å². The third-order valence-electron chi connectivity index (χ3n) is 5.83. The van der Waals surface area contributed by atoms with Crippen LogP contribution >= 0.6 is 23.1 Å². The third-order valence-corrected chi connectivity index (χ3v) is 8.04. The Labute approximate surface area is 193 Å². The van der Waals surface area contributed by atoms with Gasteiger partial charge in [0.15, 0.2) is 11.0 Å². The van der Waals surface area contributed by atoms with Crippen molar-refractivity contribution in [3.63, 3.8) is 0 Å². The van der Waals surface area contributed by atoms with Gasteiger partial charge in [0.2, 0.25) is 0 Å². The van der Waals surface area contributed by atoms with Gasteiger partial charge < -0.3 is 4.57 Å². The van der Waals surface area contributed by atoms with Crippen molar-refractivity contribution in [2.45, 2.75) is 43.1 Å². The molecule has 0 N–H and O–H groups in total. The molecule has 3 aromatic rings. The number of rotatable bonds is 4. The molecule has 6 rings (SSSR count). The van der Waals surface area contributed by atoms with Crippen molar-refractivity contribution in [1.29, 1.82) is 0 Å². The van der Waals surface area contributed by atoms with Gasteiger partial charge in [-0.15, -0.1) is 16.4 Å². The van der Waals surface area contributed by atoms with E-state index in [-0.39, 0.29) is 5.56 Å². The summed E-state index contributed by atoms with van der Waals surface area (Å²) >= 11 is 3.41. The minimum atomic E-state index is -0.0768. The normalized spacial score (nSPS) is 14.0. The van der Waals surface area contributed by atoms with E-state index in [0.717, 1.165) is 65.0 Å². The number of hydrogen-bond acceptors (Lipinski definition) is 6. The SMILES string of the molecule is O=c1c2c3n(c(SCc4nc5ccccc5s4)nc-2nn1-c1ccccc1)CCCCC3. The smallest absolute Gasteiger partial charge is 0.284 e. The van der Waals surface area contributed by atoms with Gasteiger partial charge in [0, 0.05) is 12.2 Å². The molecule has 6 nitrogen and oxygen atoms in total. The first kappa shape index (κ1) is 19.7. The monoisotopic (exact) mass is 459 g/mol. The molecule has 1 aromatic heterocycles. The van der Waals surface area contributed by atoms with Crippen LogP contribution in [0.4, 0.5) is 0 Å². The lowest BCUT2D eigenvalue weighted by Crippen LogP contribution is -2.19. The van der Waals surface area contributed by atoms with E-state index in [4.69, 9.17) is 9.97 Å². The highest BCUT2D eigenvalue weighted by molar-refractivity contribution is 7.98. The van der Waals surface area contributed by atoms with Gasteiger partial charge in [0.05, 0.1) is 21.7 Å². The number of hydrogen-bond donors (Lipinski definition) is 0. The molecule has 4 heterocycles. The van der Waals surface area contributed by atoms with Crippen LogP contribution in [-0.2, 0) is 18.7 Å². The summed E-state index contributed by atoms with van der Waals surface area (Å²) in [5.74, 6) is 1.29. The quantitative estimate of drug-likeness (QED) is 0.274. The van der Waals surface area contributed by atoms with Crippen LogP contribution in [0.25, 0.3) is 27.3 Å². The number of thiazole rings is 1. The lowest BCUT2D eigenvalue weighted by Gasteiger charge is -2.17. The molecule has 0 fully saturated rings. The van der Waals surface area contributed by atoms with Crippen molar-refractivity contribution in [2.75, 3.05) is 0 Å². The maximum atomic E-state index is 13.3. The van der Waals surface area contributed by atoms with E-state index in [1.165, 1.54) is 9.38 Å². The third kappa shape index (κ3) is 3.43. The summed E-state index contributed by atoms with van der Waals surface area (Å²) < 4.78 is 4.95. The largest absolute Gasteiger partial charge is 0.324 e. The predicted octanol–water partition coefficient (Wildman–Crippen LogP) is 5.16. The molecule has 0 amide bonds. The molecular weight excluding hydrogens is 438 g/mol. The van der Waals surface area contributed by atoms with Gasteiger partial charge in [-0.3, -0.25) is 4.79 Å². The molecule has 32 heavy (non-hydrogen) atoms. The van der Waals surface area contributed by atoms with Gasteiger partial charge in [-0.05, 0) is 43.5 Å². The molecule has 0 bridgehead atoms. The number of benzene rings is 2. The molecular formula is C24H21N5OS2. The number of para-hydroxylation sites is 2. The van der Waals surface area contributed by atoms with Gasteiger partial charge in [-0.2, -0.15) is 4.68 Å². The highest BCUT2D eigenvalue weighted by atomic mass is 32.2. The fourth-order valence-corrected chi connectivity index (χ4v) is 6.32. The van der Waals surface area contributed by atoms with Crippen molar-refractivity contribution in [3.8, 4) is 17.1 Å². The molecule has 0 radical (unpaired) electrons. The van der Waals surface area contributed by atoms with Gasteiger partial charge >= 0.3 is 0 Å². The maximum absolute atomic E-state index is 13.3. The van der Waals surface area contributed by atoms with Crippen molar-refractivity contribution < 1.29 is 0 Å². The second-order valence-electron chi connectivity index (χ2n) is 7.92. The summed E-state index contributed by atoms with van der Waals surface area (Å²) in [7, 11) is 0. The summed E-state index contributed by atoms with van der Waals surface area (Å²) in [6.07, 6.45) is 4.22. The minimum Gasteiger partial charge on any atom is -0.324 e. The molecule has 0 unspecified atom stereocenters. The number of thioether (sulfide) groups is 1. The van der Waals surface area contributed by atoms with Crippen LogP contribution < -0.4 is 5.56 Å². The number of fused-ring (bicyclic) bond motifs is 4. The van der Waals surface area contributed by atoms with Crippen LogP contribution in [0.5, 0.6) is 0 Å². The fourth-order valence-electron chi connectivity index (χ4n) is 4.32. The Balaban J connectivity index is 1.44. The molecule has 0 spiro atoms. The molecule has 3 aliphatic heterocycles. The molecule has 0 atom stereocenters. The highest BCUT2D eigenvalue weighted by Gasteiger charge is 2.27. The van der Waals surface area contributed by atoms with E-state index >= 15 is 0 Å². The van der Waals surface area contributed by atoms with E-state index < -0.39 is 0 Å². The summed E-state index contributed by atoms with van der Waals surface area (Å²) in [5, 5.41) is 6.63. The molecule has 8 heteroatoms. The molecule has 0 saturated carbocycles. The Kier molecular flexibility index (Phi) is 5.04. The zero-order valence-electron chi connectivity index (χ0n) is 17.4. The van der Waals surface area contributed by atoms with E-state index in [9.17, 15) is 4.79 Å². The molecule has 0 aliphatic carbocycles. The Morgan fingerprint density at radius 2 is 1.81 bits per heavy atom. The average Bonchev–Trinajstić information content (AvgIpc) is 3.29. The van der Waals surface area contributed by atoms with Crippen molar-refractivity contribution in [2.24, 2.45) is 0 Å². The van der Waals surface area contributed by atoms with Gasteiger partial charge in [-0.25, -0.2) is 9.97 Å². The molecule has 3 aliphatic rings. The second kappa shape index (κ2) is 8.18. The number of nitrogens with zero attached hydrogens (tertiary/aromatic N) is 5. The van der Waals surface area contributed by atoms with Crippen molar-refractivity contribution in [3.05, 3.63) is 75.7 Å². The topological polar surface area (TPSA) is 65.6 Å². The summed E-state index contributed by atoms with van der Waals surface area (Å²) in [4.78, 5) is 23.0.